The van der Waals surface area contributed by atoms with E-state index in [1.165, 1.54) is 6.92 Å². The normalized spacial score (nSPS) is 10.6. The van der Waals surface area contributed by atoms with Gasteiger partial charge in [0.1, 0.15) is 11.5 Å². The lowest BCUT2D eigenvalue weighted by Gasteiger charge is -2.07. The summed E-state index contributed by atoms with van der Waals surface area (Å²) in [5.74, 6) is -1.80. The molecule has 0 aromatic carbocycles. The Morgan fingerprint density at radius 3 is 2.69 bits per heavy atom. The van der Waals surface area contributed by atoms with Crippen LogP contribution in [0.15, 0.2) is 6.07 Å². The minimum absolute atomic E-state index is 0.0699. The van der Waals surface area contributed by atoms with Gasteiger partial charge in [-0.1, -0.05) is 0 Å². The molecule has 0 atom stereocenters. The molecule has 0 bridgehead atoms. The first kappa shape index (κ1) is 12.5. The molecule has 1 aromatic rings. The third-order valence-electron chi connectivity index (χ3n) is 1.92. The Balaban J connectivity index is 3.21. The number of carbonyl (C=O) groups is 1. The van der Waals surface area contributed by atoms with Crippen LogP contribution in [-0.4, -0.2) is 17.6 Å². The van der Waals surface area contributed by atoms with Gasteiger partial charge in [0.15, 0.2) is 5.69 Å². The first-order valence-electron chi connectivity index (χ1n) is 4.59. The van der Waals surface area contributed by atoms with Crippen LogP contribution < -0.4 is 0 Å². The predicted octanol–water partition coefficient (Wildman–Crippen LogP) is 2.64. The lowest BCUT2D eigenvalue weighted by molar-refractivity contribution is 0.0516. The monoisotopic (exact) mass is 233 g/mol. The largest absolute Gasteiger partial charge is 0.461 e. The van der Waals surface area contributed by atoms with E-state index in [1.54, 1.807) is 6.92 Å². The number of nitrogens with zero attached hydrogens (tertiary/aromatic N) is 1. The van der Waals surface area contributed by atoms with Crippen molar-refractivity contribution in [1.29, 1.82) is 0 Å². The second-order valence-electron chi connectivity index (χ2n) is 3.02. The average Bonchev–Trinajstić information content (AvgIpc) is 2.21. The van der Waals surface area contributed by atoms with Gasteiger partial charge in [0.25, 0.3) is 6.43 Å². The van der Waals surface area contributed by atoms with E-state index < -0.39 is 29.6 Å². The number of esters is 1. The molecule has 0 amide bonds. The highest BCUT2D eigenvalue weighted by atomic mass is 19.3. The Labute approximate surface area is 90.2 Å². The maximum atomic E-state index is 13.2. The SMILES string of the molecule is CCOC(=O)c1nc(C(F)F)cc(F)c1C. The van der Waals surface area contributed by atoms with Crippen LogP contribution in [0.4, 0.5) is 13.2 Å². The van der Waals surface area contributed by atoms with E-state index >= 15 is 0 Å². The Morgan fingerprint density at radius 2 is 2.19 bits per heavy atom. The summed E-state index contributed by atoms with van der Waals surface area (Å²) in [4.78, 5) is 14.7. The number of carbonyl (C=O) groups excluding carboxylic acids is 1. The van der Waals surface area contributed by atoms with E-state index in [-0.39, 0.29) is 12.2 Å². The van der Waals surface area contributed by atoms with Crippen molar-refractivity contribution in [2.24, 2.45) is 0 Å². The van der Waals surface area contributed by atoms with Gasteiger partial charge in [0.05, 0.1) is 6.61 Å². The van der Waals surface area contributed by atoms with E-state index in [0.717, 1.165) is 0 Å². The molecule has 0 radical (unpaired) electrons. The summed E-state index contributed by atoms with van der Waals surface area (Å²) in [6.45, 7) is 2.91. The molecule has 0 aliphatic rings. The molecule has 3 nitrogen and oxygen atoms in total. The summed E-state index contributed by atoms with van der Waals surface area (Å²) in [6.07, 6.45) is -2.93. The van der Waals surface area contributed by atoms with Gasteiger partial charge in [0.2, 0.25) is 0 Å². The zero-order chi connectivity index (χ0) is 12.3. The van der Waals surface area contributed by atoms with Crippen LogP contribution in [-0.2, 0) is 4.74 Å². The molecule has 0 aliphatic carbocycles. The molecule has 1 heterocycles. The fraction of sp³-hybridized carbons (Fsp3) is 0.400. The Hall–Kier alpha value is -1.59. The Morgan fingerprint density at radius 1 is 1.56 bits per heavy atom. The summed E-state index contributed by atoms with van der Waals surface area (Å²) in [5.41, 5.74) is -1.27. The standard InChI is InChI=1S/C10H10F3NO2/c1-3-16-10(15)8-5(2)6(11)4-7(14-8)9(12)13/h4,9H,3H2,1-2H3. The highest BCUT2D eigenvalue weighted by Crippen LogP contribution is 2.21. The van der Waals surface area contributed by atoms with Gasteiger partial charge in [-0.05, 0) is 13.8 Å². The number of hydrogen-bond acceptors (Lipinski definition) is 3. The van der Waals surface area contributed by atoms with Gasteiger partial charge in [-0.3, -0.25) is 0 Å². The highest BCUT2D eigenvalue weighted by Gasteiger charge is 2.20. The fourth-order valence-corrected chi connectivity index (χ4v) is 1.11. The minimum Gasteiger partial charge on any atom is -0.461 e. The van der Waals surface area contributed by atoms with Crippen LogP contribution in [0, 0.1) is 12.7 Å². The molecule has 0 unspecified atom stereocenters. The van der Waals surface area contributed by atoms with Crippen LogP contribution in [0.5, 0.6) is 0 Å². The van der Waals surface area contributed by atoms with Crippen molar-refractivity contribution in [2.75, 3.05) is 6.61 Å². The number of hydrogen-bond donors (Lipinski definition) is 0. The van der Waals surface area contributed by atoms with E-state index in [0.29, 0.717) is 6.07 Å². The number of aromatic nitrogens is 1. The quantitative estimate of drug-likeness (QED) is 0.753. The van der Waals surface area contributed by atoms with Gasteiger partial charge in [-0.15, -0.1) is 0 Å². The smallest absolute Gasteiger partial charge is 0.357 e. The van der Waals surface area contributed by atoms with Crippen molar-refractivity contribution in [3.63, 3.8) is 0 Å². The lowest BCUT2D eigenvalue weighted by Crippen LogP contribution is -2.12. The molecule has 16 heavy (non-hydrogen) atoms. The molecule has 0 N–H and O–H groups in total. The zero-order valence-corrected chi connectivity index (χ0v) is 8.76. The van der Waals surface area contributed by atoms with E-state index in [9.17, 15) is 18.0 Å². The van der Waals surface area contributed by atoms with Crippen LogP contribution in [0.1, 0.15) is 35.1 Å². The molecular formula is C10H10F3NO2. The first-order chi connectivity index (χ1) is 7.47. The second-order valence-corrected chi connectivity index (χ2v) is 3.02. The molecule has 0 fully saturated rings. The van der Waals surface area contributed by atoms with Gasteiger partial charge in [-0.25, -0.2) is 22.9 Å². The fourth-order valence-electron chi connectivity index (χ4n) is 1.11. The van der Waals surface area contributed by atoms with Gasteiger partial charge in [0, 0.05) is 11.6 Å². The van der Waals surface area contributed by atoms with Crippen molar-refractivity contribution < 1.29 is 22.7 Å². The van der Waals surface area contributed by atoms with Crippen molar-refractivity contribution in [1.82, 2.24) is 4.98 Å². The number of alkyl halides is 2. The summed E-state index contributed by atoms with van der Waals surface area (Å²) in [5, 5.41) is 0. The van der Waals surface area contributed by atoms with E-state index in [2.05, 4.69) is 9.72 Å². The van der Waals surface area contributed by atoms with Gasteiger partial charge < -0.3 is 4.74 Å². The highest BCUT2D eigenvalue weighted by molar-refractivity contribution is 5.88. The third-order valence-corrected chi connectivity index (χ3v) is 1.92. The molecular weight excluding hydrogens is 223 g/mol. The van der Waals surface area contributed by atoms with Gasteiger partial charge in [-0.2, -0.15) is 0 Å². The summed E-state index contributed by atoms with van der Waals surface area (Å²) in [6, 6.07) is 0.614. The van der Waals surface area contributed by atoms with Crippen molar-refractivity contribution in [2.45, 2.75) is 20.3 Å². The maximum absolute atomic E-state index is 13.2. The predicted molar refractivity (Wildman–Crippen MR) is 49.8 cm³/mol. The Bertz CT molecular complexity index is 407. The Kier molecular flexibility index (Phi) is 3.87. The molecule has 0 aliphatic heterocycles. The maximum Gasteiger partial charge on any atom is 0.357 e. The van der Waals surface area contributed by atoms with Crippen molar-refractivity contribution in [3.05, 3.63) is 28.8 Å². The molecule has 0 saturated carbocycles. The molecule has 1 aromatic heterocycles. The van der Waals surface area contributed by atoms with Crippen molar-refractivity contribution >= 4 is 5.97 Å². The summed E-state index contributed by atoms with van der Waals surface area (Å²) >= 11 is 0. The second kappa shape index (κ2) is 4.96. The number of halogens is 3. The van der Waals surface area contributed by atoms with Gasteiger partial charge >= 0.3 is 5.97 Å². The van der Waals surface area contributed by atoms with Crippen LogP contribution in [0.3, 0.4) is 0 Å². The van der Waals surface area contributed by atoms with Crippen LogP contribution >= 0.6 is 0 Å². The molecule has 0 saturated heterocycles. The molecule has 1 rings (SSSR count). The van der Waals surface area contributed by atoms with Crippen molar-refractivity contribution in [3.8, 4) is 0 Å². The number of ether oxygens (including phenoxy) is 1. The molecule has 88 valence electrons. The summed E-state index contributed by atoms with van der Waals surface area (Å²) in [7, 11) is 0. The van der Waals surface area contributed by atoms with Crippen LogP contribution in [0.2, 0.25) is 0 Å². The van der Waals surface area contributed by atoms with E-state index in [1.807, 2.05) is 0 Å². The zero-order valence-electron chi connectivity index (χ0n) is 8.76. The lowest BCUT2D eigenvalue weighted by atomic mass is 10.2. The third kappa shape index (κ3) is 2.50. The summed E-state index contributed by atoms with van der Waals surface area (Å²) < 4.78 is 42.5. The minimum atomic E-state index is -2.93. The topological polar surface area (TPSA) is 39.2 Å². The molecule has 6 heteroatoms. The van der Waals surface area contributed by atoms with E-state index in [4.69, 9.17) is 0 Å². The first-order valence-corrected chi connectivity index (χ1v) is 4.59. The number of rotatable bonds is 3. The van der Waals surface area contributed by atoms with Crippen LogP contribution in [0.25, 0.3) is 0 Å². The average molecular weight is 233 g/mol. The molecule has 0 spiro atoms. The number of pyridine rings is 1.